The Balaban J connectivity index is 0.00000392. The monoisotopic (exact) mass is 414 g/mol. The van der Waals surface area contributed by atoms with E-state index in [4.69, 9.17) is 4.74 Å². The molecule has 0 spiro atoms. The summed E-state index contributed by atoms with van der Waals surface area (Å²) in [6, 6.07) is 10.5. The van der Waals surface area contributed by atoms with Gasteiger partial charge in [0.25, 0.3) is 10.1 Å². The maximum atomic E-state index is 11.8. The molecule has 0 aliphatic rings. The number of ether oxygens (including phenoxy) is 1. The average molecular weight is 414 g/mol. The zero-order valence-electron chi connectivity index (χ0n) is 16.7. The molecule has 0 aromatic heterocycles. The van der Waals surface area contributed by atoms with Gasteiger partial charge in [-0.05, 0) is 37.1 Å². The summed E-state index contributed by atoms with van der Waals surface area (Å²) in [5, 5.41) is 11.5. The Kier molecular flexibility index (Phi) is 11.2. The van der Waals surface area contributed by atoms with Gasteiger partial charge in [-0.2, -0.15) is 8.42 Å². The van der Waals surface area contributed by atoms with Crippen LogP contribution in [-0.4, -0.2) is 13.0 Å². The van der Waals surface area contributed by atoms with E-state index >= 15 is 0 Å². The fourth-order valence-corrected chi connectivity index (χ4v) is 3.82. The first-order valence-electron chi connectivity index (χ1n) is 9.46. The number of rotatable bonds is 11. The first-order valence-corrected chi connectivity index (χ1v) is 10.9. The number of benzene rings is 2. The molecule has 0 aliphatic heterocycles. The Morgan fingerprint density at radius 1 is 0.964 bits per heavy atom. The molecule has 0 atom stereocenters. The molecule has 0 amide bonds. The number of hydrogen-bond donors (Lipinski definition) is 1. The average Bonchev–Trinajstić information content (AvgIpc) is 2.61. The molecule has 0 fully saturated rings. The van der Waals surface area contributed by atoms with Crippen LogP contribution < -0.4 is 39.4 Å². The van der Waals surface area contributed by atoms with Gasteiger partial charge < -0.3 is 9.84 Å². The predicted molar refractivity (Wildman–Crippen MR) is 104 cm³/mol. The summed E-state index contributed by atoms with van der Waals surface area (Å²) in [5.41, 5.74) is 0.449. The second-order valence-electron chi connectivity index (χ2n) is 6.66. The van der Waals surface area contributed by atoms with Gasteiger partial charge in [-0.1, -0.05) is 63.6 Å². The second-order valence-corrected chi connectivity index (χ2v) is 8.05. The van der Waals surface area contributed by atoms with E-state index in [2.05, 4.69) is 6.92 Å². The molecule has 7 heteroatoms. The van der Waals surface area contributed by atoms with Crippen molar-refractivity contribution in [1.82, 2.24) is 0 Å². The minimum atomic E-state index is -4.35. The molecule has 5 nitrogen and oxygen atoms in total. The van der Waals surface area contributed by atoms with Crippen LogP contribution in [0.3, 0.4) is 0 Å². The van der Waals surface area contributed by atoms with Gasteiger partial charge in [-0.15, -0.1) is 5.75 Å². The molecule has 0 heterocycles. The van der Waals surface area contributed by atoms with E-state index in [1.165, 1.54) is 49.9 Å². The normalized spacial score (nSPS) is 11.1. The second kappa shape index (κ2) is 12.5. The molecular formula is C21H27NaO5S. The van der Waals surface area contributed by atoms with Crippen LogP contribution in [0.1, 0.15) is 57.4 Å². The van der Waals surface area contributed by atoms with Crippen LogP contribution in [0.25, 0.3) is 0 Å². The smallest absolute Gasteiger partial charge is 0.872 e. The van der Waals surface area contributed by atoms with Gasteiger partial charge in [0.2, 0.25) is 0 Å². The number of hydrogen-bond acceptors (Lipinski definition) is 4. The molecule has 28 heavy (non-hydrogen) atoms. The summed E-state index contributed by atoms with van der Waals surface area (Å²) in [7, 11) is -4.35. The quantitative estimate of drug-likeness (QED) is 0.346. The summed E-state index contributed by atoms with van der Waals surface area (Å²) >= 11 is 0. The minimum Gasteiger partial charge on any atom is -0.872 e. The van der Waals surface area contributed by atoms with Gasteiger partial charge in [0.1, 0.15) is 16.4 Å². The third kappa shape index (κ3) is 8.13. The van der Waals surface area contributed by atoms with Crippen LogP contribution in [0.2, 0.25) is 0 Å². The third-order valence-electron chi connectivity index (χ3n) is 4.43. The van der Waals surface area contributed by atoms with Crippen LogP contribution in [0.5, 0.6) is 17.2 Å². The van der Waals surface area contributed by atoms with Crippen molar-refractivity contribution < 1.29 is 52.4 Å². The fourth-order valence-electron chi connectivity index (χ4n) is 3.05. The zero-order valence-corrected chi connectivity index (χ0v) is 19.5. The van der Waals surface area contributed by atoms with Crippen LogP contribution >= 0.6 is 0 Å². The molecule has 2 aromatic rings. The standard InChI is InChI=1S/C21H28O5S.Na/c1-2-3-4-5-6-7-8-13-19-20(14-10-15-21(19)27(23,24)25)26-18-12-9-11-17(22)16-18;/h9-12,14-16,22H,2-8,13H2,1H3,(H,23,24,25);/q;+1/p-1. The van der Waals surface area contributed by atoms with E-state index in [0.29, 0.717) is 23.5 Å². The van der Waals surface area contributed by atoms with Crippen LogP contribution in [0.4, 0.5) is 0 Å². The summed E-state index contributed by atoms with van der Waals surface area (Å²) in [6.07, 6.45) is 8.20. The molecule has 0 radical (unpaired) electrons. The van der Waals surface area contributed by atoms with Crippen molar-refractivity contribution in [1.29, 1.82) is 0 Å². The van der Waals surface area contributed by atoms with E-state index in [-0.39, 0.29) is 40.2 Å². The Bertz CT molecular complexity index is 836. The van der Waals surface area contributed by atoms with Crippen molar-refractivity contribution in [2.45, 2.75) is 63.2 Å². The van der Waals surface area contributed by atoms with Crippen molar-refractivity contribution >= 4 is 10.1 Å². The van der Waals surface area contributed by atoms with Gasteiger partial charge >= 0.3 is 29.6 Å². The molecule has 0 aliphatic carbocycles. The van der Waals surface area contributed by atoms with Gasteiger partial charge in [-0.25, -0.2) is 0 Å². The van der Waals surface area contributed by atoms with E-state index in [0.717, 1.165) is 19.3 Å². The van der Waals surface area contributed by atoms with Crippen LogP contribution in [0, 0.1) is 0 Å². The van der Waals surface area contributed by atoms with Crippen molar-refractivity contribution in [3.8, 4) is 17.2 Å². The Morgan fingerprint density at radius 2 is 1.61 bits per heavy atom. The molecular weight excluding hydrogens is 387 g/mol. The fraction of sp³-hybridized carbons (Fsp3) is 0.429. The Labute approximate surface area is 190 Å². The SMILES string of the molecule is CCCCCCCCCc1c(Oc2cccc([O-])c2)cccc1S(=O)(=O)O.[Na+]. The zero-order chi connectivity index (χ0) is 19.7. The molecule has 2 rings (SSSR count). The van der Waals surface area contributed by atoms with Crippen LogP contribution in [-0.2, 0) is 16.5 Å². The topological polar surface area (TPSA) is 86.7 Å². The van der Waals surface area contributed by atoms with E-state index in [1.54, 1.807) is 18.2 Å². The maximum Gasteiger partial charge on any atom is 1.00 e. The molecule has 0 bridgehead atoms. The first-order chi connectivity index (χ1) is 12.9. The third-order valence-corrected chi connectivity index (χ3v) is 5.37. The summed E-state index contributed by atoms with van der Waals surface area (Å²) in [5.74, 6) is 0.504. The van der Waals surface area contributed by atoms with Crippen molar-refractivity contribution in [3.05, 3.63) is 48.0 Å². The van der Waals surface area contributed by atoms with Crippen molar-refractivity contribution in [2.24, 2.45) is 0 Å². The summed E-state index contributed by atoms with van der Waals surface area (Å²) in [6.45, 7) is 2.18. The Hall–Kier alpha value is -1.05. The molecule has 2 aromatic carbocycles. The number of unbranched alkanes of at least 4 members (excludes halogenated alkanes) is 6. The van der Waals surface area contributed by atoms with E-state index in [9.17, 15) is 18.1 Å². The van der Waals surface area contributed by atoms with Gasteiger partial charge in [0.15, 0.2) is 0 Å². The predicted octanol–water partition coefficient (Wildman–Crippen LogP) is 2.10. The van der Waals surface area contributed by atoms with E-state index < -0.39 is 10.1 Å². The van der Waals surface area contributed by atoms with Crippen molar-refractivity contribution in [2.75, 3.05) is 0 Å². The molecule has 148 valence electrons. The molecule has 0 saturated carbocycles. The van der Waals surface area contributed by atoms with Gasteiger partial charge in [-0.3, -0.25) is 4.55 Å². The molecule has 0 saturated heterocycles. The van der Waals surface area contributed by atoms with Crippen molar-refractivity contribution in [3.63, 3.8) is 0 Å². The minimum absolute atomic E-state index is 0. The van der Waals surface area contributed by atoms with Crippen LogP contribution in [0.15, 0.2) is 47.4 Å². The van der Waals surface area contributed by atoms with Gasteiger partial charge in [0, 0.05) is 5.56 Å². The van der Waals surface area contributed by atoms with Gasteiger partial charge in [0.05, 0.1) is 0 Å². The van der Waals surface area contributed by atoms with E-state index in [1.807, 2.05) is 0 Å². The Morgan fingerprint density at radius 3 is 2.25 bits per heavy atom. The maximum absolute atomic E-state index is 11.8. The summed E-state index contributed by atoms with van der Waals surface area (Å²) < 4.78 is 38.9. The largest absolute Gasteiger partial charge is 1.00 e. The molecule has 1 N–H and O–H groups in total. The summed E-state index contributed by atoms with van der Waals surface area (Å²) in [4.78, 5) is -0.135. The first kappa shape index (κ1) is 25.0. The molecule has 0 unspecified atom stereocenters.